The predicted molar refractivity (Wildman–Crippen MR) is 64.0 cm³/mol. The number of anilines is 1. The van der Waals surface area contributed by atoms with E-state index in [-0.39, 0.29) is 11.9 Å². The quantitative estimate of drug-likeness (QED) is 0.895. The van der Waals surface area contributed by atoms with Crippen LogP contribution in [-0.2, 0) is 4.79 Å². The third kappa shape index (κ3) is 3.20. The van der Waals surface area contributed by atoms with Gasteiger partial charge in [-0.05, 0) is 48.0 Å². The summed E-state index contributed by atoms with van der Waals surface area (Å²) in [5.74, 6) is -1.71. The molecule has 0 aliphatic carbocycles. The highest BCUT2D eigenvalue weighted by Crippen LogP contribution is 2.21. The Morgan fingerprint density at radius 3 is 2.62 bits per heavy atom. The monoisotopic (exact) mass is 289 g/mol. The lowest BCUT2D eigenvalue weighted by molar-refractivity contribution is -0.141. The molecule has 0 saturated carbocycles. The van der Waals surface area contributed by atoms with E-state index in [0.29, 0.717) is 10.2 Å². The van der Waals surface area contributed by atoms with Crippen molar-refractivity contribution in [1.82, 2.24) is 0 Å². The molecule has 1 rings (SSSR count). The molecule has 0 aromatic heterocycles. The zero-order valence-corrected chi connectivity index (χ0v) is 10.6. The first kappa shape index (κ1) is 13.0. The maximum atomic E-state index is 13.0. The van der Waals surface area contributed by atoms with Gasteiger partial charge in [0.25, 0.3) is 0 Å². The number of carbonyl (C=O) groups is 1. The maximum Gasteiger partial charge on any atom is 0.308 e. The Morgan fingerprint density at radius 2 is 2.12 bits per heavy atom. The van der Waals surface area contributed by atoms with Gasteiger partial charge in [0, 0.05) is 11.7 Å². The number of carboxylic acid groups (broad SMARTS) is 1. The molecule has 3 nitrogen and oxygen atoms in total. The van der Waals surface area contributed by atoms with Crippen molar-refractivity contribution in [3.63, 3.8) is 0 Å². The van der Waals surface area contributed by atoms with E-state index in [2.05, 4.69) is 21.2 Å². The largest absolute Gasteiger partial charge is 0.481 e. The van der Waals surface area contributed by atoms with Crippen molar-refractivity contribution in [2.45, 2.75) is 19.9 Å². The van der Waals surface area contributed by atoms with Crippen LogP contribution in [0.3, 0.4) is 0 Å². The van der Waals surface area contributed by atoms with Crippen molar-refractivity contribution in [2.75, 3.05) is 5.32 Å². The standard InChI is InChI=1S/C11H13BrFNO2/c1-6(11(15)16)7(2)14-8-3-4-10(13)9(12)5-8/h3-7,14H,1-2H3,(H,15,16). The average Bonchev–Trinajstić information content (AvgIpc) is 2.22. The summed E-state index contributed by atoms with van der Waals surface area (Å²) >= 11 is 3.07. The molecule has 88 valence electrons. The Kier molecular flexibility index (Phi) is 4.29. The van der Waals surface area contributed by atoms with Crippen LogP contribution in [0.1, 0.15) is 13.8 Å². The lowest BCUT2D eigenvalue weighted by atomic mass is 10.0. The number of carboxylic acids is 1. The highest BCUT2D eigenvalue weighted by molar-refractivity contribution is 9.10. The molecule has 16 heavy (non-hydrogen) atoms. The average molecular weight is 290 g/mol. The zero-order valence-electron chi connectivity index (χ0n) is 9.00. The molecule has 0 spiro atoms. The first-order valence-electron chi connectivity index (χ1n) is 4.86. The molecule has 2 N–H and O–H groups in total. The SMILES string of the molecule is CC(Nc1ccc(F)c(Br)c1)C(C)C(=O)O. The fourth-order valence-electron chi connectivity index (χ4n) is 1.19. The van der Waals surface area contributed by atoms with Crippen LogP contribution in [0.2, 0.25) is 0 Å². The summed E-state index contributed by atoms with van der Waals surface area (Å²) in [5.41, 5.74) is 0.689. The molecule has 0 aliphatic heterocycles. The molecule has 0 fully saturated rings. The second kappa shape index (κ2) is 5.30. The van der Waals surface area contributed by atoms with Gasteiger partial charge in [-0.2, -0.15) is 0 Å². The molecule has 1 aromatic carbocycles. The van der Waals surface area contributed by atoms with Gasteiger partial charge in [0.05, 0.1) is 10.4 Å². The Hall–Kier alpha value is -1.10. The predicted octanol–water partition coefficient (Wildman–Crippen LogP) is 3.11. The molecule has 0 bridgehead atoms. The number of hydrogen-bond donors (Lipinski definition) is 2. The number of aliphatic carboxylic acids is 1. The van der Waals surface area contributed by atoms with E-state index >= 15 is 0 Å². The number of halogens is 2. The van der Waals surface area contributed by atoms with Gasteiger partial charge < -0.3 is 10.4 Å². The van der Waals surface area contributed by atoms with Gasteiger partial charge in [-0.3, -0.25) is 4.79 Å². The van der Waals surface area contributed by atoms with Crippen LogP contribution in [0.15, 0.2) is 22.7 Å². The summed E-state index contributed by atoms with van der Waals surface area (Å²) in [5, 5.41) is 11.8. The lowest BCUT2D eigenvalue weighted by Gasteiger charge is -2.19. The second-order valence-electron chi connectivity index (χ2n) is 3.69. The fourth-order valence-corrected chi connectivity index (χ4v) is 1.57. The van der Waals surface area contributed by atoms with Gasteiger partial charge >= 0.3 is 5.97 Å². The van der Waals surface area contributed by atoms with Gasteiger partial charge in [0.2, 0.25) is 0 Å². The minimum Gasteiger partial charge on any atom is -0.481 e. The second-order valence-corrected chi connectivity index (χ2v) is 4.54. The number of benzene rings is 1. The van der Waals surface area contributed by atoms with Crippen molar-refractivity contribution in [3.8, 4) is 0 Å². The van der Waals surface area contributed by atoms with Crippen LogP contribution in [0.5, 0.6) is 0 Å². The Bertz CT molecular complexity index is 398. The highest BCUT2D eigenvalue weighted by atomic mass is 79.9. The first-order chi connectivity index (χ1) is 7.41. The molecule has 0 aliphatic rings. The molecule has 0 saturated heterocycles. The molecular formula is C11H13BrFNO2. The fraction of sp³-hybridized carbons (Fsp3) is 0.364. The summed E-state index contributed by atoms with van der Waals surface area (Å²) < 4.78 is 13.3. The normalized spacial score (nSPS) is 14.2. The van der Waals surface area contributed by atoms with E-state index < -0.39 is 11.9 Å². The lowest BCUT2D eigenvalue weighted by Crippen LogP contribution is -2.29. The van der Waals surface area contributed by atoms with Crippen molar-refractivity contribution < 1.29 is 14.3 Å². The van der Waals surface area contributed by atoms with Gasteiger partial charge in [0.15, 0.2) is 0 Å². The van der Waals surface area contributed by atoms with Gasteiger partial charge in [0.1, 0.15) is 5.82 Å². The molecule has 2 unspecified atom stereocenters. The van der Waals surface area contributed by atoms with Crippen LogP contribution in [0.25, 0.3) is 0 Å². The van der Waals surface area contributed by atoms with Crippen LogP contribution in [0.4, 0.5) is 10.1 Å². The molecule has 0 heterocycles. The summed E-state index contributed by atoms with van der Waals surface area (Å²) in [4.78, 5) is 10.7. The minimum absolute atomic E-state index is 0.227. The molecule has 0 amide bonds. The molecule has 0 radical (unpaired) electrons. The molecule has 2 atom stereocenters. The van der Waals surface area contributed by atoms with E-state index in [1.54, 1.807) is 26.0 Å². The third-order valence-corrected chi connectivity index (χ3v) is 3.06. The van der Waals surface area contributed by atoms with Crippen LogP contribution in [0, 0.1) is 11.7 Å². The van der Waals surface area contributed by atoms with Crippen molar-refractivity contribution >= 4 is 27.6 Å². The summed E-state index contributed by atoms with van der Waals surface area (Å²) in [6.45, 7) is 3.40. The number of hydrogen-bond acceptors (Lipinski definition) is 2. The van der Waals surface area contributed by atoms with Gasteiger partial charge in [-0.15, -0.1) is 0 Å². The van der Waals surface area contributed by atoms with Crippen LogP contribution in [-0.4, -0.2) is 17.1 Å². The van der Waals surface area contributed by atoms with E-state index in [4.69, 9.17) is 5.11 Å². The Labute approximate surface area is 102 Å². The summed E-state index contributed by atoms with van der Waals surface area (Å²) in [7, 11) is 0. The highest BCUT2D eigenvalue weighted by Gasteiger charge is 2.19. The van der Waals surface area contributed by atoms with Gasteiger partial charge in [-0.1, -0.05) is 0 Å². The van der Waals surface area contributed by atoms with Crippen molar-refractivity contribution in [2.24, 2.45) is 5.92 Å². The molecular weight excluding hydrogens is 277 g/mol. The molecule has 1 aromatic rings. The third-order valence-electron chi connectivity index (χ3n) is 2.45. The number of nitrogens with one attached hydrogen (secondary N) is 1. The summed E-state index contributed by atoms with van der Waals surface area (Å²) in [6, 6.07) is 4.26. The minimum atomic E-state index is -0.860. The van der Waals surface area contributed by atoms with Crippen molar-refractivity contribution in [3.05, 3.63) is 28.5 Å². The topological polar surface area (TPSA) is 49.3 Å². The van der Waals surface area contributed by atoms with Crippen LogP contribution < -0.4 is 5.32 Å². The van der Waals surface area contributed by atoms with E-state index in [9.17, 15) is 9.18 Å². The Balaban J connectivity index is 2.73. The maximum absolute atomic E-state index is 13.0. The number of rotatable bonds is 4. The summed E-state index contributed by atoms with van der Waals surface area (Å²) in [6.07, 6.45) is 0. The first-order valence-corrected chi connectivity index (χ1v) is 5.65. The molecule has 5 heteroatoms. The van der Waals surface area contributed by atoms with E-state index in [1.165, 1.54) is 6.07 Å². The smallest absolute Gasteiger partial charge is 0.308 e. The van der Waals surface area contributed by atoms with E-state index in [0.717, 1.165) is 0 Å². The van der Waals surface area contributed by atoms with E-state index in [1.807, 2.05) is 0 Å². The van der Waals surface area contributed by atoms with Crippen molar-refractivity contribution in [1.29, 1.82) is 0 Å². The Morgan fingerprint density at radius 1 is 1.50 bits per heavy atom. The van der Waals surface area contributed by atoms with Crippen LogP contribution >= 0.6 is 15.9 Å². The zero-order chi connectivity index (χ0) is 12.3. The van der Waals surface area contributed by atoms with Gasteiger partial charge in [-0.25, -0.2) is 4.39 Å².